The molecule has 11 heteroatoms. The number of anilines is 1. The average Bonchev–Trinajstić information content (AvgIpc) is 3.71. The molecule has 0 N–H and O–H groups in total. The first-order valence-electron chi connectivity index (χ1n) is 15.9. The van der Waals surface area contributed by atoms with Gasteiger partial charge >= 0.3 is 0 Å². The number of benzene rings is 2. The zero-order valence-electron chi connectivity index (χ0n) is 26.8. The van der Waals surface area contributed by atoms with Crippen LogP contribution >= 0.6 is 28.8 Å². The van der Waals surface area contributed by atoms with Crippen molar-refractivity contribution in [1.29, 1.82) is 0 Å². The molecule has 1 aromatic heterocycles. The maximum Gasteiger partial charge on any atom is 0.255 e. The minimum atomic E-state index is -1.63. The van der Waals surface area contributed by atoms with E-state index < -0.39 is 9.83 Å². The highest BCUT2D eigenvalue weighted by Crippen LogP contribution is 2.66. The Hall–Kier alpha value is -2.62. The lowest BCUT2D eigenvalue weighted by Gasteiger charge is -2.44. The van der Waals surface area contributed by atoms with E-state index in [0.717, 1.165) is 72.5 Å². The summed E-state index contributed by atoms with van der Waals surface area (Å²) in [6.07, 6.45) is 7.75. The van der Waals surface area contributed by atoms with Crippen molar-refractivity contribution in [2.45, 2.75) is 54.9 Å². The largest absolute Gasteiger partial charge is 0.493 e. The third-order valence-electron chi connectivity index (χ3n) is 9.96. The molecule has 45 heavy (non-hydrogen) atoms. The summed E-state index contributed by atoms with van der Waals surface area (Å²) in [7, 11) is 3.88. The first kappa shape index (κ1) is 32.3. The molecule has 2 fully saturated rings. The second kappa shape index (κ2) is 14.0. The fourth-order valence-electron chi connectivity index (χ4n) is 6.94. The first-order chi connectivity index (χ1) is 21.9. The van der Waals surface area contributed by atoms with E-state index in [0.29, 0.717) is 18.0 Å². The summed E-state index contributed by atoms with van der Waals surface area (Å²) in [6, 6.07) is 17.0. The predicted octanol–water partition coefficient (Wildman–Crippen LogP) is 7.46. The van der Waals surface area contributed by atoms with Gasteiger partial charge in [-0.05, 0) is 80.3 Å². The van der Waals surface area contributed by atoms with Crippen molar-refractivity contribution in [3.8, 4) is 11.5 Å². The van der Waals surface area contributed by atoms with Crippen molar-refractivity contribution in [3.05, 3.63) is 70.6 Å². The Morgan fingerprint density at radius 1 is 1.04 bits per heavy atom. The second-order valence-corrected chi connectivity index (χ2v) is 19.0. The van der Waals surface area contributed by atoms with Gasteiger partial charge in [-0.15, -0.1) is 11.3 Å². The number of fused-ring (bicyclic) bond motifs is 1. The zero-order valence-corrected chi connectivity index (χ0v) is 29.3. The van der Waals surface area contributed by atoms with Gasteiger partial charge in [0.1, 0.15) is 0 Å². The van der Waals surface area contributed by atoms with Crippen LogP contribution in [0.25, 0.3) is 0 Å². The van der Waals surface area contributed by atoms with Crippen molar-refractivity contribution in [2.75, 3.05) is 65.1 Å². The van der Waals surface area contributed by atoms with E-state index in [1.807, 2.05) is 35.7 Å². The van der Waals surface area contributed by atoms with Crippen molar-refractivity contribution in [1.82, 2.24) is 14.1 Å². The lowest BCUT2D eigenvalue weighted by atomic mass is 9.91. The molecule has 8 nitrogen and oxygen atoms in total. The smallest absolute Gasteiger partial charge is 0.255 e. The summed E-state index contributed by atoms with van der Waals surface area (Å²) in [5.41, 5.74) is 4.19. The highest BCUT2D eigenvalue weighted by molar-refractivity contribution is 8.68. The number of methoxy groups -OCH3 is 2. The van der Waals surface area contributed by atoms with Gasteiger partial charge in [-0.25, -0.2) is 0 Å². The molecule has 0 radical (unpaired) electrons. The SMILES string of the molecule is COc1ccc([C@@H](CCCN(C)S(C)(P=O)c2cccs2)N2Cc3c(cccc3N3CCN(C4CCC4)CC3)C2=O)cc1OC. The third kappa shape index (κ3) is 6.37. The van der Waals surface area contributed by atoms with Crippen LogP contribution in [-0.2, 0) is 11.1 Å². The molecule has 1 unspecified atom stereocenters. The Morgan fingerprint density at radius 3 is 2.47 bits per heavy atom. The van der Waals surface area contributed by atoms with E-state index in [1.54, 1.807) is 25.6 Å². The number of hydrogen-bond acceptors (Lipinski definition) is 8. The minimum absolute atomic E-state index is 0.0835. The van der Waals surface area contributed by atoms with E-state index in [9.17, 15) is 9.36 Å². The number of thiophene rings is 1. The number of hydrogen-bond donors (Lipinski definition) is 0. The monoisotopic (exact) mass is 668 g/mol. The molecule has 2 aliphatic heterocycles. The first-order valence-corrected chi connectivity index (χ1v) is 20.2. The van der Waals surface area contributed by atoms with E-state index in [-0.39, 0.29) is 19.6 Å². The summed E-state index contributed by atoms with van der Waals surface area (Å²) in [4.78, 5) is 21.4. The number of rotatable bonds is 13. The molecule has 3 heterocycles. The van der Waals surface area contributed by atoms with Crippen molar-refractivity contribution >= 4 is 40.4 Å². The summed E-state index contributed by atoms with van der Waals surface area (Å²) in [6.45, 7) is 5.52. The summed E-state index contributed by atoms with van der Waals surface area (Å²) < 4.78 is 27.1. The van der Waals surface area contributed by atoms with Gasteiger partial charge in [0.15, 0.2) is 11.5 Å². The molecule has 1 saturated carbocycles. The molecule has 3 aliphatic rings. The minimum Gasteiger partial charge on any atom is -0.493 e. The fourth-order valence-corrected chi connectivity index (χ4v) is 11.6. The summed E-state index contributed by atoms with van der Waals surface area (Å²) in [5, 5.41) is 2.05. The van der Waals surface area contributed by atoms with Gasteiger partial charge < -0.3 is 19.3 Å². The predicted molar refractivity (Wildman–Crippen MR) is 186 cm³/mol. The number of carbonyl (C=O) groups is 1. The number of carbonyl (C=O) groups excluding carboxylic acids is 1. The van der Waals surface area contributed by atoms with E-state index in [2.05, 4.69) is 50.5 Å². The van der Waals surface area contributed by atoms with Gasteiger partial charge in [0.05, 0.1) is 24.5 Å². The highest BCUT2D eigenvalue weighted by atomic mass is 32.8. The summed E-state index contributed by atoms with van der Waals surface area (Å²) in [5.74, 6) is 1.41. The molecule has 1 aliphatic carbocycles. The maximum atomic E-state index is 14.2. The van der Waals surface area contributed by atoms with Crippen molar-refractivity contribution in [2.24, 2.45) is 0 Å². The van der Waals surface area contributed by atoms with Gasteiger partial charge in [-0.3, -0.25) is 18.6 Å². The molecular formula is C34H45N4O4PS2. The fraction of sp³-hybridized carbons (Fsp3) is 0.500. The Kier molecular flexibility index (Phi) is 10.1. The van der Waals surface area contributed by atoms with Crippen LogP contribution < -0.4 is 14.4 Å². The molecular weight excluding hydrogens is 624 g/mol. The van der Waals surface area contributed by atoms with Gasteiger partial charge in [0, 0.05) is 62.1 Å². The molecule has 2 aromatic carbocycles. The van der Waals surface area contributed by atoms with E-state index >= 15 is 0 Å². The molecule has 2 atom stereocenters. The molecule has 1 amide bonds. The topological polar surface area (TPSA) is 65.6 Å². The molecule has 0 spiro atoms. The van der Waals surface area contributed by atoms with Crippen LogP contribution in [0, 0.1) is 0 Å². The van der Waals surface area contributed by atoms with Crippen LogP contribution in [0.5, 0.6) is 11.5 Å². The van der Waals surface area contributed by atoms with Crippen LogP contribution in [0.3, 0.4) is 0 Å². The van der Waals surface area contributed by atoms with Crippen LogP contribution in [-0.4, -0.2) is 86.3 Å². The normalized spacial score (nSPS) is 20.2. The van der Waals surface area contributed by atoms with Crippen LogP contribution in [0.1, 0.15) is 59.6 Å². The van der Waals surface area contributed by atoms with Crippen LogP contribution in [0.15, 0.2) is 58.1 Å². The second-order valence-electron chi connectivity index (χ2n) is 12.3. The summed E-state index contributed by atoms with van der Waals surface area (Å²) >= 11 is 1.66. The van der Waals surface area contributed by atoms with E-state index in [4.69, 9.17) is 9.47 Å². The molecule has 242 valence electrons. The van der Waals surface area contributed by atoms with Crippen molar-refractivity contribution in [3.63, 3.8) is 0 Å². The van der Waals surface area contributed by atoms with Gasteiger partial charge in [0.2, 0.25) is 7.66 Å². The van der Waals surface area contributed by atoms with Crippen LogP contribution in [0.4, 0.5) is 5.69 Å². The van der Waals surface area contributed by atoms with Gasteiger partial charge in [-0.1, -0.05) is 34.5 Å². The van der Waals surface area contributed by atoms with Crippen molar-refractivity contribution < 1.29 is 18.8 Å². The van der Waals surface area contributed by atoms with Gasteiger partial charge in [-0.2, -0.15) is 0 Å². The Balaban J connectivity index is 1.23. The Morgan fingerprint density at radius 2 is 1.82 bits per heavy atom. The zero-order chi connectivity index (χ0) is 31.6. The number of amides is 1. The number of nitrogens with zero attached hydrogens (tertiary/aromatic N) is 4. The van der Waals surface area contributed by atoms with Crippen LogP contribution in [0.2, 0.25) is 0 Å². The highest BCUT2D eigenvalue weighted by Gasteiger charge is 2.37. The standard InChI is InChI=1S/C34H45N4O4PS2/c1-35(45(4,43-40)33-14-8-22-44-33)17-7-13-29(25-15-16-31(41-2)32(23-25)42-3)38-24-28-27(34(38)39)11-6-12-30(28)37-20-18-36(19-21-37)26-9-5-10-26/h6,8,11-12,14-16,22-23,26,29H,5,7,9-10,13,17-21,24H2,1-4H3/t29-/m1/s1. The average molecular weight is 669 g/mol. The Bertz CT molecular complexity index is 1500. The number of ether oxygens (including phenoxy) is 2. The quantitative estimate of drug-likeness (QED) is 0.175. The van der Waals surface area contributed by atoms with Gasteiger partial charge in [0.25, 0.3) is 5.91 Å². The lowest BCUT2D eigenvalue weighted by Crippen LogP contribution is -2.52. The van der Waals surface area contributed by atoms with E-state index in [1.165, 1.54) is 24.9 Å². The molecule has 6 rings (SSSR count). The Labute approximate surface area is 274 Å². The number of piperazine rings is 1. The maximum absolute atomic E-state index is 14.2. The third-order valence-corrected chi connectivity index (χ3v) is 17.1. The molecule has 0 bridgehead atoms. The lowest BCUT2D eigenvalue weighted by molar-refractivity contribution is 0.0688. The molecule has 3 aromatic rings. The molecule has 1 saturated heterocycles.